The third kappa shape index (κ3) is 3.69. The van der Waals surface area contributed by atoms with E-state index in [1.54, 1.807) is 0 Å². The molecular weight excluding hydrogens is 208 g/mol. The van der Waals surface area contributed by atoms with E-state index in [-0.39, 0.29) is 0 Å². The van der Waals surface area contributed by atoms with Crippen LogP contribution >= 0.6 is 0 Å². The number of piperidine rings is 1. The first-order valence-corrected chi connectivity index (χ1v) is 7.74. The molecule has 0 amide bonds. The molecule has 1 saturated carbocycles. The molecule has 0 spiro atoms. The Labute approximate surface area is 107 Å². The van der Waals surface area contributed by atoms with Crippen LogP contribution in [0.2, 0.25) is 0 Å². The van der Waals surface area contributed by atoms with Crippen molar-refractivity contribution in [2.45, 2.75) is 70.4 Å². The monoisotopic (exact) mass is 238 g/mol. The summed E-state index contributed by atoms with van der Waals surface area (Å²) in [5, 5.41) is 3.52. The topological polar surface area (TPSA) is 15.3 Å². The zero-order chi connectivity index (χ0) is 12.1. The van der Waals surface area contributed by atoms with Gasteiger partial charge in [-0.25, -0.2) is 0 Å². The van der Waals surface area contributed by atoms with Gasteiger partial charge in [-0.05, 0) is 38.6 Å². The Morgan fingerprint density at radius 3 is 2.53 bits per heavy atom. The molecule has 1 N–H and O–H groups in total. The van der Waals surface area contributed by atoms with Crippen LogP contribution in [0.4, 0.5) is 0 Å². The molecule has 17 heavy (non-hydrogen) atoms. The predicted octanol–water partition coefficient (Wildman–Crippen LogP) is 3.03. The molecule has 2 aliphatic rings. The van der Waals surface area contributed by atoms with E-state index in [2.05, 4.69) is 24.2 Å². The Morgan fingerprint density at radius 2 is 1.88 bits per heavy atom. The number of rotatable bonds is 4. The molecule has 0 bridgehead atoms. The van der Waals surface area contributed by atoms with Crippen molar-refractivity contribution < 1.29 is 0 Å². The average Bonchev–Trinajstić information content (AvgIpc) is 2.40. The van der Waals surface area contributed by atoms with E-state index in [0.29, 0.717) is 0 Å². The van der Waals surface area contributed by atoms with Gasteiger partial charge in [-0.1, -0.05) is 32.6 Å². The summed E-state index contributed by atoms with van der Waals surface area (Å²) in [5.74, 6) is 0.938. The maximum atomic E-state index is 3.52. The highest BCUT2D eigenvalue weighted by molar-refractivity contribution is 4.87. The van der Waals surface area contributed by atoms with Crippen molar-refractivity contribution in [3.05, 3.63) is 0 Å². The van der Waals surface area contributed by atoms with Crippen molar-refractivity contribution in [3.63, 3.8) is 0 Å². The second-order valence-corrected chi connectivity index (χ2v) is 6.12. The number of hydrogen-bond donors (Lipinski definition) is 1. The number of nitrogens with one attached hydrogen (secondary N) is 1. The van der Waals surface area contributed by atoms with Crippen LogP contribution in [0.1, 0.15) is 58.3 Å². The fourth-order valence-corrected chi connectivity index (χ4v) is 3.81. The lowest BCUT2D eigenvalue weighted by Crippen LogP contribution is -2.52. The Bertz CT molecular complexity index is 211. The summed E-state index contributed by atoms with van der Waals surface area (Å²) >= 11 is 0. The first-order chi connectivity index (χ1) is 8.33. The quantitative estimate of drug-likeness (QED) is 0.810. The summed E-state index contributed by atoms with van der Waals surface area (Å²) < 4.78 is 0. The fraction of sp³-hybridized carbons (Fsp3) is 1.00. The standard InChI is InChI=1S/C15H30N2/c1-3-7-13-10-14(16-2)12-17(11-13)15-8-5-4-6-9-15/h13-16H,3-12H2,1-2H3. The minimum absolute atomic E-state index is 0.738. The second-order valence-electron chi connectivity index (χ2n) is 6.12. The fourth-order valence-electron chi connectivity index (χ4n) is 3.81. The zero-order valence-electron chi connectivity index (χ0n) is 11.8. The molecule has 0 aromatic heterocycles. The van der Waals surface area contributed by atoms with Crippen LogP contribution in [0, 0.1) is 5.92 Å². The van der Waals surface area contributed by atoms with E-state index in [1.165, 1.54) is 64.5 Å². The van der Waals surface area contributed by atoms with Crippen molar-refractivity contribution in [2.24, 2.45) is 5.92 Å². The molecule has 0 radical (unpaired) electrons. The molecule has 2 heteroatoms. The van der Waals surface area contributed by atoms with Crippen LogP contribution < -0.4 is 5.32 Å². The van der Waals surface area contributed by atoms with Gasteiger partial charge in [0.25, 0.3) is 0 Å². The number of likely N-dealkylation sites (N-methyl/N-ethyl adjacent to an activating group) is 1. The first kappa shape index (κ1) is 13.4. The number of nitrogens with zero attached hydrogens (tertiary/aromatic N) is 1. The van der Waals surface area contributed by atoms with Crippen molar-refractivity contribution in [1.82, 2.24) is 10.2 Å². The van der Waals surface area contributed by atoms with Gasteiger partial charge in [-0.3, -0.25) is 4.90 Å². The summed E-state index contributed by atoms with van der Waals surface area (Å²) in [7, 11) is 2.14. The molecule has 2 unspecified atom stereocenters. The minimum atomic E-state index is 0.738. The minimum Gasteiger partial charge on any atom is -0.316 e. The van der Waals surface area contributed by atoms with Crippen molar-refractivity contribution in [1.29, 1.82) is 0 Å². The third-order valence-corrected chi connectivity index (χ3v) is 4.76. The Morgan fingerprint density at radius 1 is 1.12 bits per heavy atom. The highest BCUT2D eigenvalue weighted by atomic mass is 15.2. The predicted molar refractivity (Wildman–Crippen MR) is 74.3 cm³/mol. The van der Waals surface area contributed by atoms with E-state index in [1.807, 2.05) is 0 Å². The van der Waals surface area contributed by atoms with Gasteiger partial charge in [0.2, 0.25) is 0 Å². The Balaban J connectivity index is 1.90. The second kappa shape index (κ2) is 6.75. The van der Waals surface area contributed by atoms with Gasteiger partial charge < -0.3 is 5.32 Å². The van der Waals surface area contributed by atoms with Crippen LogP contribution in [0.25, 0.3) is 0 Å². The van der Waals surface area contributed by atoms with Crippen molar-refractivity contribution >= 4 is 0 Å². The lowest BCUT2D eigenvalue weighted by atomic mass is 9.86. The van der Waals surface area contributed by atoms with E-state index in [0.717, 1.165) is 18.0 Å². The Hall–Kier alpha value is -0.0800. The smallest absolute Gasteiger partial charge is 0.0195 e. The van der Waals surface area contributed by atoms with E-state index in [9.17, 15) is 0 Å². The van der Waals surface area contributed by atoms with Crippen molar-refractivity contribution in [2.75, 3.05) is 20.1 Å². The molecule has 1 aliphatic heterocycles. The highest BCUT2D eigenvalue weighted by Crippen LogP contribution is 2.28. The number of likely N-dealkylation sites (tertiary alicyclic amines) is 1. The van der Waals surface area contributed by atoms with Gasteiger partial charge in [0, 0.05) is 25.2 Å². The molecule has 2 atom stereocenters. The van der Waals surface area contributed by atoms with Crippen LogP contribution in [-0.4, -0.2) is 37.1 Å². The lowest BCUT2D eigenvalue weighted by Gasteiger charge is -2.43. The van der Waals surface area contributed by atoms with Crippen molar-refractivity contribution in [3.8, 4) is 0 Å². The summed E-state index contributed by atoms with van der Waals surface area (Å²) in [5.41, 5.74) is 0. The van der Waals surface area contributed by atoms with Gasteiger partial charge in [0.05, 0.1) is 0 Å². The number of hydrogen-bond acceptors (Lipinski definition) is 2. The molecule has 0 aromatic rings. The van der Waals surface area contributed by atoms with E-state index >= 15 is 0 Å². The van der Waals surface area contributed by atoms with Crippen LogP contribution in [-0.2, 0) is 0 Å². The third-order valence-electron chi connectivity index (χ3n) is 4.76. The largest absolute Gasteiger partial charge is 0.316 e. The van der Waals surface area contributed by atoms with Gasteiger partial charge in [0.1, 0.15) is 0 Å². The molecule has 1 saturated heterocycles. The molecule has 2 fully saturated rings. The SMILES string of the molecule is CCCC1CC(NC)CN(C2CCCCC2)C1. The van der Waals surface area contributed by atoms with Crippen LogP contribution in [0.15, 0.2) is 0 Å². The molecule has 2 rings (SSSR count). The first-order valence-electron chi connectivity index (χ1n) is 7.74. The molecule has 0 aromatic carbocycles. The Kier molecular flexibility index (Phi) is 5.30. The van der Waals surface area contributed by atoms with Gasteiger partial charge in [-0.15, -0.1) is 0 Å². The van der Waals surface area contributed by atoms with Gasteiger partial charge in [0.15, 0.2) is 0 Å². The molecule has 100 valence electrons. The zero-order valence-corrected chi connectivity index (χ0v) is 11.8. The van der Waals surface area contributed by atoms with Crippen LogP contribution in [0.5, 0.6) is 0 Å². The summed E-state index contributed by atoms with van der Waals surface area (Å²) in [6.07, 6.45) is 11.5. The molecule has 1 aliphatic carbocycles. The summed E-state index contributed by atoms with van der Waals surface area (Å²) in [6, 6.07) is 1.64. The maximum Gasteiger partial charge on any atom is 0.0195 e. The highest BCUT2D eigenvalue weighted by Gasteiger charge is 2.30. The van der Waals surface area contributed by atoms with Crippen LogP contribution in [0.3, 0.4) is 0 Å². The molecule has 2 nitrogen and oxygen atoms in total. The average molecular weight is 238 g/mol. The van der Waals surface area contributed by atoms with E-state index in [4.69, 9.17) is 0 Å². The normalized spacial score (nSPS) is 32.8. The van der Waals surface area contributed by atoms with Gasteiger partial charge in [-0.2, -0.15) is 0 Å². The summed E-state index contributed by atoms with van der Waals surface area (Å²) in [6.45, 7) is 4.99. The lowest BCUT2D eigenvalue weighted by molar-refractivity contribution is 0.0764. The van der Waals surface area contributed by atoms with E-state index < -0.39 is 0 Å². The summed E-state index contributed by atoms with van der Waals surface area (Å²) in [4.78, 5) is 2.81. The maximum absolute atomic E-state index is 3.52. The van der Waals surface area contributed by atoms with Gasteiger partial charge >= 0.3 is 0 Å². The molecule has 1 heterocycles. The molecular formula is C15H30N2.